The van der Waals surface area contributed by atoms with Crippen molar-refractivity contribution < 1.29 is 18.8 Å². The van der Waals surface area contributed by atoms with Crippen LogP contribution in [0.2, 0.25) is 0 Å². The van der Waals surface area contributed by atoms with Crippen LogP contribution in [0.5, 0.6) is 0 Å². The second-order valence-electron chi connectivity index (χ2n) is 4.44. The molecule has 0 unspecified atom stereocenters. The molecule has 20 heavy (non-hydrogen) atoms. The molecule has 0 aliphatic carbocycles. The van der Waals surface area contributed by atoms with Crippen LogP contribution in [0.25, 0.3) is 0 Å². The first-order valence-electron chi connectivity index (χ1n) is 5.95. The van der Waals surface area contributed by atoms with Gasteiger partial charge in [-0.1, -0.05) is 19.0 Å². The maximum atomic E-state index is 13.2. The van der Waals surface area contributed by atoms with Crippen LogP contribution in [0.4, 0.5) is 4.39 Å². The summed E-state index contributed by atoms with van der Waals surface area (Å²) in [4.78, 5) is 15.7. The molecule has 1 N–H and O–H groups in total. The van der Waals surface area contributed by atoms with Crippen LogP contribution in [-0.4, -0.2) is 21.2 Å². The summed E-state index contributed by atoms with van der Waals surface area (Å²) in [6, 6.07) is 3.95. The molecular weight excluding hydrogens is 283 g/mol. The van der Waals surface area contributed by atoms with Crippen molar-refractivity contribution in [2.45, 2.75) is 30.4 Å². The minimum absolute atomic E-state index is 0.182. The topological polar surface area (TPSA) is 76.2 Å². The van der Waals surface area contributed by atoms with Crippen molar-refractivity contribution in [2.75, 3.05) is 0 Å². The fourth-order valence-electron chi connectivity index (χ4n) is 1.46. The number of rotatable bonds is 5. The molecule has 1 aromatic carbocycles. The number of aromatic nitrogens is 2. The maximum Gasteiger partial charge on any atom is 0.338 e. The Morgan fingerprint density at radius 3 is 2.85 bits per heavy atom. The van der Waals surface area contributed by atoms with E-state index in [9.17, 15) is 9.18 Å². The molecule has 0 fully saturated rings. The van der Waals surface area contributed by atoms with Gasteiger partial charge in [0.05, 0.1) is 11.3 Å². The van der Waals surface area contributed by atoms with Crippen LogP contribution in [0.1, 0.15) is 41.8 Å². The molecule has 1 aromatic heterocycles. The summed E-state index contributed by atoms with van der Waals surface area (Å²) in [5.41, 5.74) is -0.344. The lowest BCUT2D eigenvalue weighted by atomic mass is 10.2. The largest absolute Gasteiger partial charge is 0.478 e. The highest BCUT2D eigenvalue weighted by molar-refractivity contribution is 7.98. The summed E-state index contributed by atoms with van der Waals surface area (Å²) in [5.74, 6) is -0.357. The van der Waals surface area contributed by atoms with Crippen LogP contribution in [-0.2, 0) is 5.75 Å². The Bertz CT molecular complexity index is 628. The first kappa shape index (κ1) is 14.5. The van der Waals surface area contributed by atoms with Crippen molar-refractivity contribution in [3.05, 3.63) is 41.3 Å². The molecule has 1 heterocycles. The average molecular weight is 296 g/mol. The van der Waals surface area contributed by atoms with Crippen LogP contribution in [0, 0.1) is 5.82 Å². The number of aromatic carboxylic acids is 1. The van der Waals surface area contributed by atoms with Crippen LogP contribution < -0.4 is 0 Å². The van der Waals surface area contributed by atoms with Crippen molar-refractivity contribution in [1.29, 1.82) is 0 Å². The molecule has 2 aromatic rings. The molecule has 5 nitrogen and oxygen atoms in total. The summed E-state index contributed by atoms with van der Waals surface area (Å²) in [7, 11) is 0. The number of hydrogen-bond donors (Lipinski definition) is 1. The number of hydrogen-bond acceptors (Lipinski definition) is 5. The van der Waals surface area contributed by atoms with E-state index in [0.29, 0.717) is 22.4 Å². The third-order valence-corrected chi connectivity index (χ3v) is 3.51. The third kappa shape index (κ3) is 3.36. The number of carbonyl (C=O) groups is 1. The molecule has 2 rings (SSSR count). The van der Waals surface area contributed by atoms with E-state index in [4.69, 9.17) is 9.63 Å². The van der Waals surface area contributed by atoms with Crippen LogP contribution in [0.3, 0.4) is 0 Å². The van der Waals surface area contributed by atoms with Gasteiger partial charge in [0.2, 0.25) is 5.89 Å². The van der Waals surface area contributed by atoms with Gasteiger partial charge < -0.3 is 9.63 Å². The van der Waals surface area contributed by atoms with Crippen molar-refractivity contribution in [2.24, 2.45) is 0 Å². The molecule has 0 saturated heterocycles. The molecule has 0 atom stereocenters. The minimum atomic E-state index is -1.29. The van der Waals surface area contributed by atoms with Crippen molar-refractivity contribution >= 4 is 17.7 Å². The molecule has 0 amide bonds. The fourth-order valence-corrected chi connectivity index (χ4v) is 2.24. The van der Waals surface area contributed by atoms with Gasteiger partial charge in [-0.25, -0.2) is 9.18 Å². The highest BCUT2D eigenvalue weighted by Gasteiger charge is 2.13. The standard InChI is InChI=1S/C13H13FN2O3S/c1-7(2)12-15-11(19-16-12)6-20-8-3-4-10(14)9(5-8)13(17)18/h3-5,7H,6H2,1-2H3,(H,17,18). The van der Waals surface area contributed by atoms with Crippen LogP contribution >= 0.6 is 11.8 Å². The molecule has 0 radical (unpaired) electrons. The van der Waals surface area contributed by atoms with E-state index >= 15 is 0 Å². The van der Waals surface area contributed by atoms with E-state index in [1.165, 1.54) is 23.9 Å². The summed E-state index contributed by atoms with van der Waals surface area (Å²) in [5, 5.41) is 12.7. The normalized spacial score (nSPS) is 11.0. The number of halogens is 1. The van der Waals surface area contributed by atoms with Gasteiger partial charge in [0.25, 0.3) is 0 Å². The lowest BCUT2D eigenvalue weighted by Gasteiger charge is -2.01. The van der Waals surface area contributed by atoms with E-state index in [1.807, 2.05) is 13.8 Å². The third-order valence-electron chi connectivity index (χ3n) is 2.53. The molecular formula is C13H13FN2O3S. The van der Waals surface area contributed by atoms with Gasteiger partial charge in [0.15, 0.2) is 5.82 Å². The Balaban J connectivity index is 2.06. The molecule has 7 heteroatoms. The summed E-state index contributed by atoms with van der Waals surface area (Å²) in [6.07, 6.45) is 0. The first-order chi connectivity index (χ1) is 9.47. The van der Waals surface area contributed by atoms with E-state index in [-0.39, 0.29) is 11.5 Å². The highest BCUT2D eigenvalue weighted by atomic mass is 32.2. The minimum Gasteiger partial charge on any atom is -0.478 e. The molecule has 0 spiro atoms. The summed E-state index contributed by atoms with van der Waals surface area (Å²) < 4.78 is 18.3. The highest BCUT2D eigenvalue weighted by Crippen LogP contribution is 2.25. The molecule has 0 saturated carbocycles. The Morgan fingerprint density at radius 2 is 2.25 bits per heavy atom. The predicted octanol–water partition coefficient (Wildman–Crippen LogP) is 3.32. The van der Waals surface area contributed by atoms with Gasteiger partial charge in [-0.15, -0.1) is 11.8 Å². The molecule has 0 bridgehead atoms. The SMILES string of the molecule is CC(C)c1noc(CSc2ccc(F)c(C(=O)O)c2)n1. The lowest BCUT2D eigenvalue weighted by molar-refractivity contribution is 0.0691. The van der Waals surface area contributed by atoms with Gasteiger partial charge in [-0.05, 0) is 18.2 Å². The van der Waals surface area contributed by atoms with Crippen LogP contribution in [0.15, 0.2) is 27.6 Å². The smallest absolute Gasteiger partial charge is 0.338 e. The van der Waals surface area contributed by atoms with Crippen molar-refractivity contribution in [1.82, 2.24) is 10.1 Å². The number of carboxylic acid groups (broad SMARTS) is 1. The number of carboxylic acids is 1. The monoisotopic (exact) mass is 296 g/mol. The zero-order valence-corrected chi connectivity index (χ0v) is 11.8. The Kier molecular flexibility index (Phi) is 4.39. The van der Waals surface area contributed by atoms with Gasteiger partial charge in [0, 0.05) is 10.8 Å². The predicted molar refractivity (Wildman–Crippen MR) is 71.3 cm³/mol. The van der Waals surface area contributed by atoms with Gasteiger partial charge in [-0.3, -0.25) is 0 Å². The summed E-state index contributed by atoms with van der Waals surface area (Å²) >= 11 is 1.31. The zero-order chi connectivity index (χ0) is 14.7. The van der Waals surface area contributed by atoms with Gasteiger partial charge >= 0.3 is 5.97 Å². The Hall–Kier alpha value is -1.89. The average Bonchev–Trinajstić information content (AvgIpc) is 2.86. The maximum absolute atomic E-state index is 13.2. The number of nitrogens with zero attached hydrogens (tertiary/aromatic N) is 2. The van der Waals surface area contributed by atoms with E-state index < -0.39 is 11.8 Å². The van der Waals surface area contributed by atoms with Gasteiger partial charge in [0.1, 0.15) is 5.82 Å². The Morgan fingerprint density at radius 1 is 1.50 bits per heavy atom. The lowest BCUT2D eigenvalue weighted by Crippen LogP contribution is -2.00. The summed E-state index contributed by atoms with van der Waals surface area (Å²) in [6.45, 7) is 3.92. The number of thioether (sulfide) groups is 1. The number of benzene rings is 1. The quantitative estimate of drug-likeness (QED) is 0.853. The Labute approximate surface area is 119 Å². The molecule has 106 valence electrons. The second kappa shape index (κ2) is 6.04. The van der Waals surface area contributed by atoms with Crippen molar-refractivity contribution in [3.63, 3.8) is 0 Å². The van der Waals surface area contributed by atoms with E-state index in [1.54, 1.807) is 0 Å². The molecule has 0 aliphatic rings. The van der Waals surface area contributed by atoms with Gasteiger partial charge in [-0.2, -0.15) is 4.98 Å². The van der Waals surface area contributed by atoms with E-state index in [0.717, 1.165) is 6.07 Å². The van der Waals surface area contributed by atoms with Crippen molar-refractivity contribution in [3.8, 4) is 0 Å². The van der Waals surface area contributed by atoms with E-state index in [2.05, 4.69) is 10.1 Å². The second-order valence-corrected chi connectivity index (χ2v) is 5.49. The molecule has 0 aliphatic heterocycles. The fraction of sp³-hybridized carbons (Fsp3) is 0.308. The zero-order valence-electron chi connectivity index (χ0n) is 11.0. The first-order valence-corrected chi connectivity index (χ1v) is 6.94.